The Hall–Kier alpha value is -1.23. The Kier molecular flexibility index (Phi) is 4.69. The first kappa shape index (κ1) is 14.2. The number of hydrogen-bond acceptors (Lipinski definition) is 4. The van der Waals surface area contributed by atoms with E-state index in [-0.39, 0.29) is 12.1 Å². The lowest BCUT2D eigenvalue weighted by atomic mass is 10.1. The second-order valence-electron chi connectivity index (χ2n) is 4.97. The number of nitrogens with two attached hydrogens (primary N) is 1. The van der Waals surface area contributed by atoms with Gasteiger partial charge in [0.25, 0.3) is 0 Å². The molecule has 0 aliphatic heterocycles. The van der Waals surface area contributed by atoms with Crippen LogP contribution in [-0.2, 0) is 0 Å². The standard InChI is InChI=1S/C15H21N3S/c1-10-4-6-13(7-5-10)14(16)8-17-12(3)15-18-11(2)9-19-15/h4-7,9,12,14,17H,8,16H2,1-3H3. The van der Waals surface area contributed by atoms with Crippen LogP contribution in [-0.4, -0.2) is 11.5 Å². The van der Waals surface area contributed by atoms with Gasteiger partial charge in [0.1, 0.15) is 5.01 Å². The van der Waals surface area contributed by atoms with Crippen LogP contribution in [0.5, 0.6) is 0 Å². The summed E-state index contributed by atoms with van der Waals surface area (Å²) in [5, 5.41) is 6.64. The third kappa shape index (κ3) is 3.86. The zero-order valence-electron chi connectivity index (χ0n) is 11.7. The molecule has 19 heavy (non-hydrogen) atoms. The molecule has 2 rings (SSSR count). The van der Waals surface area contributed by atoms with Crippen molar-refractivity contribution < 1.29 is 0 Å². The molecule has 2 unspecified atom stereocenters. The fraction of sp³-hybridized carbons (Fsp3) is 0.400. The number of aromatic nitrogens is 1. The van der Waals surface area contributed by atoms with Crippen LogP contribution in [0.3, 0.4) is 0 Å². The smallest absolute Gasteiger partial charge is 0.110 e. The highest BCUT2D eigenvalue weighted by molar-refractivity contribution is 7.09. The summed E-state index contributed by atoms with van der Waals surface area (Å²) >= 11 is 1.69. The normalized spacial score (nSPS) is 14.3. The van der Waals surface area contributed by atoms with E-state index in [0.717, 1.165) is 17.2 Å². The van der Waals surface area contributed by atoms with Crippen molar-refractivity contribution in [3.05, 3.63) is 51.5 Å². The predicted molar refractivity (Wildman–Crippen MR) is 81.4 cm³/mol. The van der Waals surface area contributed by atoms with Crippen molar-refractivity contribution in [2.24, 2.45) is 5.73 Å². The van der Waals surface area contributed by atoms with Crippen LogP contribution < -0.4 is 11.1 Å². The Morgan fingerprint density at radius 3 is 2.53 bits per heavy atom. The minimum Gasteiger partial charge on any atom is -0.323 e. The lowest BCUT2D eigenvalue weighted by molar-refractivity contribution is 0.525. The van der Waals surface area contributed by atoms with Gasteiger partial charge in [-0.2, -0.15) is 0 Å². The van der Waals surface area contributed by atoms with E-state index in [9.17, 15) is 0 Å². The molecule has 2 aromatic rings. The van der Waals surface area contributed by atoms with Gasteiger partial charge in [-0.3, -0.25) is 0 Å². The number of nitrogens with zero attached hydrogens (tertiary/aromatic N) is 1. The third-order valence-corrected chi connectivity index (χ3v) is 4.30. The number of nitrogens with one attached hydrogen (secondary N) is 1. The van der Waals surface area contributed by atoms with Crippen LogP contribution in [0.4, 0.5) is 0 Å². The Balaban J connectivity index is 1.89. The molecule has 0 saturated heterocycles. The molecule has 0 aliphatic carbocycles. The van der Waals surface area contributed by atoms with Gasteiger partial charge >= 0.3 is 0 Å². The van der Waals surface area contributed by atoms with Crippen LogP contribution in [0.15, 0.2) is 29.6 Å². The maximum Gasteiger partial charge on any atom is 0.110 e. The van der Waals surface area contributed by atoms with Gasteiger partial charge in [-0.1, -0.05) is 29.8 Å². The van der Waals surface area contributed by atoms with Gasteiger partial charge in [0, 0.05) is 23.7 Å². The Morgan fingerprint density at radius 1 is 1.26 bits per heavy atom. The minimum absolute atomic E-state index is 0.0177. The molecule has 0 fully saturated rings. The zero-order valence-corrected chi connectivity index (χ0v) is 12.5. The monoisotopic (exact) mass is 275 g/mol. The lowest BCUT2D eigenvalue weighted by Gasteiger charge is -2.16. The van der Waals surface area contributed by atoms with E-state index in [4.69, 9.17) is 5.73 Å². The highest BCUT2D eigenvalue weighted by atomic mass is 32.1. The zero-order chi connectivity index (χ0) is 13.8. The summed E-state index contributed by atoms with van der Waals surface area (Å²) in [6, 6.07) is 8.66. The van der Waals surface area contributed by atoms with Crippen molar-refractivity contribution in [3.8, 4) is 0 Å². The van der Waals surface area contributed by atoms with Crippen molar-refractivity contribution in [2.45, 2.75) is 32.9 Å². The van der Waals surface area contributed by atoms with E-state index in [1.807, 2.05) is 6.92 Å². The quantitative estimate of drug-likeness (QED) is 0.881. The number of thiazole rings is 1. The molecule has 1 aromatic carbocycles. The molecule has 0 bridgehead atoms. The van der Waals surface area contributed by atoms with E-state index in [1.54, 1.807) is 11.3 Å². The van der Waals surface area contributed by atoms with Gasteiger partial charge in [-0.25, -0.2) is 4.98 Å². The maximum atomic E-state index is 6.20. The Bertz CT molecular complexity index is 518. The summed E-state index contributed by atoms with van der Waals surface area (Å²) in [5.74, 6) is 0. The molecular weight excluding hydrogens is 254 g/mol. The molecule has 4 heteroatoms. The van der Waals surface area contributed by atoms with E-state index >= 15 is 0 Å². The van der Waals surface area contributed by atoms with E-state index in [0.29, 0.717) is 0 Å². The molecule has 0 amide bonds. The van der Waals surface area contributed by atoms with E-state index < -0.39 is 0 Å². The average Bonchev–Trinajstić information content (AvgIpc) is 2.83. The summed E-state index contributed by atoms with van der Waals surface area (Å²) in [6.07, 6.45) is 0. The van der Waals surface area contributed by atoms with Gasteiger partial charge in [0.2, 0.25) is 0 Å². The molecule has 3 nitrogen and oxygen atoms in total. The number of aryl methyl sites for hydroxylation is 2. The average molecular weight is 275 g/mol. The molecule has 2 atom stereocenters. The van der Waals surface area contributed by atoms with Crippen molar-refractivity contribution in [3.63, 3.8) is 0 Å². The first-order valence-corrected chi connectivity index (χ1v) is 7.42. The highest BCUT2D eigenvalue weighted by Crippen LogP contribution is 2.18. The van der Waals surface area contributed by atoms with Crippen LogP contribution in [0, 0.1) is 13.8 Å². The second kappa shape index (κ2) is 6.28. The highest BCUT2D eigenvalue weighted by Gasteiger charge is 2.11. The van der Waals surface area contributed by atoms with Gasteiger partial charge < -0.3 is 11.1 Å². The van der Waals surface area contributed by atoms with Gasteiger partial charge in [-0.15, -0.1) is 11.3 Å². The summed E-state index contributed by atoms with van der Waals surface area (Å²) in [5.41, 5.74) is 9.70. The molecule has 0 spiro atoms. The summed E-state index contributed by atoms with van der Waals surface area (Å²) in [7, 11) is 0. The number of rotatable bonds is 5. The molecule has 1 heterocycles. The van der Waals surface area contributed by atoms with E-state index in [1.165, 1.54) is 11.1 Å². The van der Waals surface area contributed by atoms with Gasteiger partial charge in [-0.05, 0) is 26.3 Å². The van der Waals surface area contributed by atoms with Gasteiger partial charge in [0.15, 0.2) is 0 Å². The topological polar surface area (TPSA) is 50.9 Å². The van der Waals surface area contributed by atoms with Crippen molar-refractivity contribution >= 4 is 11.3 Å². The Labute approximate surface area is 118 Å². The number of benzene rings is 1. The largest absolute Gasteiger partial charge is 0.323 e. The molecule has 0 radical (unpaired) electrons. The lowest BCUT2D eigenvalue weighted by Crippen LogP contribution is -2.29. The minimum atomic E-state index is 0.0177. The Morgan fingerprint density at radius 2 is 1.95 bits per heavy atom. The number of hydrogen-bond donors (Lipinski definition) is 2. The van der Waals surface area contributed by atoms with Crippen LogP contribution in [0.1, 0.15) is 40.8 Å². The first-order chi connectivity index (χ1) is 9.06. The molecule has 0 aliphatic rings. The SMILES string of the molecule is Cc1ccc(C(N)CNC(C)c2nc(C)cs2)cc1. The fourth-order valence-electron chi connectivity index (χ4n) is 1.89. The first-order valence-electron chi connectivity index (χ1n) is 6.54. The summed E-state index contributed by atoms with van der Waals surface area (Å²) in [6.45, 7) is 6.98. The predicted octanol–water partition coefficient (Wildman–Crippen LogP) is 3.11. The third-order valence-electron chi connectivity index (χ3n) is 3.16. The summed E-state index contributed by atoms with van der Waals surface area (Å²) < 4.78 is 0. The fourth-order valence-corrected chi connectivity index (χ4v) is 2.72. The van der Waals surface area contributed by atoms with Crippen molar-refractivity contribution in [2.75, 3.05) is 6.54 Å². The van der Waals surface area contributed by atoms with Crippen LogP contribution in [0.25, 0.3) is 0 Å². The summed E-state index contributed by atoms with van der Waals surface area (Å²) in [4.78, 5) is 4.49. The van der Waals surface area contributed by atoms with Crippen molar-refractivity contribution in [1.29, 1.82) is 0 Å². The molecule has 3 N–H and O–H groups in total. The van der Waals surface area contributed by atoms with Crippen LogP contribution in [0.2, 0.25) is 0 Å². The molecule has 0 saturated carbocycles. The van der Waals surface area contributed by atoms with Crippen LogP contribution >= 0.6 is 11.3 Å². The molecular formula is C15H21N3S. The van der Waals surface area contributed by atoms with Gasteiger partial charge in [0.05, 0.1) is 6.04 Å². The molecule has 1 aromatic heterocycles. The second-order valence-corrected chi connectivity index (χ2v) is 5.86. The van der Waals surface area contributed by atoms with E-state index in [2.05, 4.69) is 53.8 Å². The maximum absolute atomic E-state index is 6.20. The van der Waals surface area contributed by atoms with Crippen molar-refractivity contribution in [1.82, 2.24) is 10.3 Å². The molecule has 102 valence electrons.